The summed E-state index contributed by atoms with van der Waals surface area (Å²) in [6, 6.07) is 9.98. The van der Waals surface area contributed by atoms with E-state index in [1.54, 1.807) is 24.3 Å². The Kier molecular flexibility index (Phi) is 3.71. The Morgan fingerprint density at radius 2 is 1.91 bits per heavy atom. The van der Waals surface area contributed by atoms with Crippen molar-refractivity contribution in [2.45, 2.75) is 6.54 Å². The summed E-state index contributed by atoms with van der Waals surface area (Å²) >= 11 is 5.76. The lowest BCUT2D eigenvalue weighted by molar-refractivity contribution is -0.384. The summed E-state index contributed by atoms with van der Waals surface area (Å²) in [4.78, 5) is 34.4. The van der Waals surface area contributed by atoms with Crippen LogP contribution in [0.5, 0.6) is 0 Å². The molecule has 0 N–H and O–H groups in total. The minimum atomic E-state index is -0.747. The molecule has 3 rings (SSSR count). The first kappa shape index (κ1) is 15.0. The van der Waals surface area contributed by atoms with Gasteiger partial charge in [-0.05, 0) is 30.3 Å². The molecule has 0 amide bonds. The van der Waals surface area contributed by atoms with Gasteiger partial charge < -0.3 is 4.42 Å². The maximum Gasteiger partial charge on any atom is 0.420 e. The number of non-ortho nitro benzene ring substituents is 1. The van der Waals surface area contributed by atoms with E-state index in [2.05, 4.69) is 0 Å². The van der Waals surface area contributed by atoms with E-state index in [1.165, 1.54) is 18.2 Å². The number of oxazole rings is 1. The van der Waals surface area contributed by atoms with Crippen LogP contribution in [-0.4, -0.2) is 15.3 Å². The number of carbonyl (C=O) groups is 1. The quantitative estimate of drug-likeness (QED) is 0.415. The Morgan fingerprint density at radius 1 is 1.22 bits per heavy atom. The second-order valence-corrected chi connectivity index (χ2v) is 5.23. The molecule has 2 aromatic carbocycles. The summed E-state index contributed by atoms with van der Waals surface area (Å²) in [6.07, 6.45) is 0. The summed E-state index contributed by atoms with van der Waals surface area (Å²) in [7, 11) is 0. The Bertz CT molecular complexity index is 972. The normalized spacial score (nSPS) is 10.8. The second kappa shape index (κ2) is 5.69. The van der Waals surface area contributed by atoms with Gasteiger partial charge in [0.2, 0.25) is 0 Å². The van der Waals surface area contributed by atoms with Crippen molar-refractivity contribution in [3.63, 3.8) is 0 Å². The average Bonchev–Trinajstić information content (AvgIpc) is 2.83. The van der Waals surface area contributed by atoms with Gasteiger partial charge >= 0.3 is 5.76 Å². The third kappa shape index (κ3) is 2.86. The largest absolute Gasteiger partial charge is 0.420 e. The number of ketones is 1. The first-order valence-electron chi connectivity index (χ1n) is 6.52. The number of carbonyl (C=O) groups excluding carboxylic acids is 1. The molecular formula is C15H9ClN2O5. The summed E-state index contributed by atoms with van der Waals surface area (Å²) in [5.74, 6) is -1.08. The third-order valence-electron chi connectivity index (χ3n) is 3.33. The van der Waals surface area contributed by atoms with Gasteiger partial charge in [-0.1, -0.05) is 11.6 Å². The number of rotatable bonds is 4. The van der Waals surface area contributed by atoms with Gasteiger partial charge in [-0.15, -0.1) is 0 Å². The molecule has 3 aromatic rings. The molecule has 7 nitrogen and oxygen atoms in total. The molecular weight excluding hydrogens is 324 g/mol. The molecule has 23 heavy (non-hydrogen) atoms. The van der Waals surface area contributed by atoms with Crippen LogP contribution < -0.4 is 5.76 Å². The summed E-state index contributed by atoms with van der Waals surface area (Å²) in [5.41, 5.74) is 0.572. The number of halogens is 1. The Labute approximate surface area is 133 Å². The highest BCUT2D eigenvalue weighted by molar-refractivity contribution is 6.30. The van der Waals surface area contributed by atoms with E-state index in [4.69, 9.17) is 16.0 Å². The molecule has 1 heterocycles. The molecule has 0 radical (unpaired) electrons. The van der Waals surface area contributed by atoms with E-state index >= 15 is 0 Å². The Hall–Kier alpha value is -2.93. The van der Waals surface area contributed by atoms with E-state index in [1.807, 2.05) is 0 Å². The van der Waals surface area contributed by atoms with E-state index in [0.29, 0.717) is 10.6 Å². The maximum absolute atomic E-state index is 12.3. The van der Waals surface area contributed by atoms with Gasteiger partial charge in [0.15, 0.2) is 11.4 Å². The van der Waals surface area contributed by atoms with Crippen LogP contribution in [0.1, 0.15) is 10.4 Å². The number of fused-ring (bicyclic) bond motifs is 1. The van der Waals surface area contributed by atoms with E-state index in [9.17, 15) is 19.7 Å². The lowest BCUT2D eigenvalue weighted by Gasteiger charge is -2.02. The van der Waals surface area contributed by atoms with Gasteiger partial charge in [-0.2, -0.15) is 0 Å². The number of nitro benzene ring substituents is 1. The van der Waals surface area contributed by atoms with Crippen LogP contribution in [0.3, 0.4) is 0 Å². The first-order valence-corrected chi connectivity index (χ1v) is 6.90. The van der Waals surface area contributed by atoms with E-state index < -0.39 is 10.7 Å². The fourth-order valence-electron chi connectivity index (χ4n) is 2.18. The third-order valence-corrected chi connectivity index (χ3v) is 3.58. The van der Waals surface area contributed by atoms with Crippen LogP contribution in [0, 0.1) is 10.1 Å². The van der Waals surface area contributed by atoms with Crippen molar-refractivity contribution in [1.29, 1.82) is 0 Å². The summed E-state index contributed by atoms with van der Waals surface area (Å²) in [6.45, 7) is -0.283. The number of Topliss-reactive ketones (excluding diaryl/α,β-unsaturated/α-hetero) is 1. The molecule has 116 valence electrons. The number of aromatic nitrogens is 1. The predicted molar refractivity (Wildman–Crippen MR) is 82.9 cm³/mol. The van der Waals surface area contributed by atoms with E-state index in [0.717, 1.165) is 4.57 Å². The fourth-order valence-corrected chi connectivity index (χ4v) is 2.31. The highest BCUT2D eigenvalue weighted by Gasteiger charge is 2.17. The van der Waals surface area contributed by atoms with Crippen LogP contribution in [-0.2, 0) is 6.54 Å². The molecule has 8 heteroatoms. The Balaban J connectivity index is 2.02. The van der Waals surface area contributed by atoms with Gasteiger partial charge in [-0.25, -0.2) is 4.79 Å². The van der Waals surface area contributed by atoms with Crippen molar-refractivity contribution in [3.05, 3.63) is 73.7 Å². The highest BCUT2D eigenvalue weighted by Crippen LogP contribution is 2.20. The standard InChI is InChI=1S/C15H9ClN2O5/c16-10-3-1-9(2-4-10)13(19)8-17-12-7-11(18(21)22)5-6-14(12)23-15(17)20/h1-7H,8H2. The van der Waals surface area contributed by atoms with Crippen LogP contribution in [0.4, 0.5) is 5.69 Å². The second-order valence-electron chi connectivity index (χ2n) is 4.79. The number of nitrogens with zero attached hydrogens (tertiary/aromatic N) is 2. The number of hydrogen-bond acceptors (Lipinski definition) is 5. The van der Waals surface area contributed by atoms with Crippen molar-refractivity contribution in [1.82, 2.24) is 4.57 Å². The average molecular weight is 333 g/mol. The molecule has 0 spiro atoms. The van der Waals surface area contributed by atoms with Crippen molar-refractivity contribution in [3.8, 4) is 0 Å². The van der Waals surface area contributed by atoms with Crippen LogP contribution in [0.15, 0.2) is 51.7 Å². The molecule has 0 saturated carbocycles. The van der Waals surface area contributed by atoms with Crippen LogP contribution in [0.25, 0.3) is 11.1 Å². The molecule has 0 fully saturated rings. The number of nitro groups is 1. The van der Waals surface area contributed by atoms with Gasteiger partial charge in [-0.3, -0.25) is 19.5 Å². The topological polar surface area (TPSA) is 95.3 Å². The Morgan fingerprint density at radius 3 is 2.57 bits per heavy atom. The smallest absolute Gasteiger partial charge is 0.408 e. The van der Waals surface area contributed by atoms with Gasteiger partial charge in [0.25, 0.3) is 5.69 Å². The molecule has 0 unspecified atom stereocenters. The van der Waals surface area contributed by atoms with Gasteiger partial charge in [0.05, 0.1) is 17.0 Å². The minimum absolute atomic E-state index is 0.185. The lowest BCUT2D eigenvalue weighted by atomic mass is 10.1. The van der Waals surface area contributed by atoms with Crippen LogP contribution >= 0.6 is 11.6 Å². The monoisotopic (exact) mass is 332 g/mol. The molecule has 0 bridgehead atoms. The molecule has 0 aliphatic carbocycles. The molecule has 0 aliphatic heterocycles. The van der Waals surface area contributed by atoms with E-state index in [-0.39, 0.29) is 29.1 Å². The molecule has 0 saturated heterocycles. The van der Waals surface area contributed by atoms with Gasteiger partial charge in [0, 0.05) is 22.7 Å². The van der Waals surface area contributed by atoms with Crippen molar-refractivity contribution < 1.29 is 14.1 Å². The molecule has 0 atom stereocenters. The lowest BCUT2D eigenvalue weighted by Crippen LogP contribution is -2.20. The summed E-state index contributed by atoms with van der Waals surface area (Å²) in [5, 5.41) is 11.3. The van der Waals surface area contributed by atoms with Gasteiger partial charge in [0.1, 0.15) is 0 Å². The zero-order valence-corrected chi connectivity index (χ0v) is 12.3. The van der Waals surface area contributed by atoms with Crippen molar-refractivity contribution >= 4 is 34.2 Å². The van der Waals surface area contributed by atoms with Crippen molar-refractivity contribution in [2.75, 3.05) is 0 Å². The maximum atomic E-state index is 12.3. The number of hydrogen-bond donors (Lipinski definition) is 0. The first-order chi connectivity index (χ1) is 11.0. The zero-order chi connectivity index (χ0) is 16.6. The SMILES string of the molecule is O=C(Cn1c(=O)oc2ccc([N+](=O)[O-])cc21)c1ccc(Cl)cc1. The molecule has 0 aliphatic rings. The minimum Gasteiger partial charge on any atom is -0.408 e. The van der Waals surface area contributed by atoms with Crippen LogP contribution in [0.2, 0.25) is 5.02 Å². The fraction of sp³-hybridized carbons (Fsp3) is 0.0667. The zero-order valence-electron chi connectivity index (χ0n) is 11.6. The molecule has 1 aromatic heterocycles. The van der Waals surface area contributed by atoms with Crippen molar-refractivity contribution in [2.24, 2.45) is 0 Å². The predicted octanol–water partition coefficient (Wildman–Crippen LogP) is 3.04. The summed E-state index contributed by atoms with van der Waals surface area (Å²) < 4.78 is 6.07. The highest BCUT2D eigenvalue weighted by atomic mass is 35.5. The number of benzene rings is 2.